The lowest BCUT2D eigenvalue weighted by Gasteiger charge is -2.29. The Balaban J connectivity index is 1.31. The monoisotopic (exact) mass is 551 g/mol. The van der Waals surface area contributed by atoms with Crippen LogP contribution in [0.2, 0.25) is 0 Å². The number of nitrogens with zero attached hydrogens (tertiary/aromatic N) is 3. The van der Waals surface area contributed by atoms with Crippen molar-refractivity contribution in [2.75, 3.05) is 5.01 Å². The number of hydrazone groups is 1. The maximum atomic E-state index is 13.9. The van der Waals surface area contributed by atoms with Crippen molar-refractivity contribution in [3.05, 3.63) is 124 Å². The van der Waals surface area contributed by atoms with Gasteiger partial charge in [-0.1, -0.05) is 53.8 Å². The van der Waals surface area contributed by atoms with E-state index >= 15 is 0 Å². The summed E-state index contributed by atoms with van der Waals surface area (Å²) in [5.41, 5.74) is 4.48. The van der Waals surface area contributed by atoms with Crippen molar-refractivity contribution in [2.24, 2.45) is 11.0 Å². The van der Waals surface area contributed by atoms with Gasteiger partial charge < -0.3 is 4.42 Å². The zero-order valence-electron chi connectivity index (χ0n) is 21.3. The van der Waals surface area contributed by atoms with Crippen LogP contribution in [0.15, 0.2) is 105 Å². The van der Waals surface area contributed by atoms with E-state index in [-0.39, 0.29) is 23.6 Å². The molecule has 3 heterocycles. The molecule has 7 rings (SSSR count). The summed E-state index contributed by atoms with van der Waals surface area (Å²) in [4.78, 5) is 18.2. The Labute approximate surface area is 232 Å². The third-order valence-electron chi connectivity index (χ3n) is 7.52. The number of fused-ring (bicyclic) bond motifs is 2. The minimum absolute atomic E-state index is 0.0731. The van der Waals surface area contributed by atoms with Crippen molar-refractivity contribution in [1.82, 2.24) is 4.98 Å². The fourth-order valence-electron chi connectivity index (χ4n) is 5.64. The van der Waals surface area contributed by atoms with Crippen LogP contribution in [0.1, 0.15) is 36.4 Å². The second-order valence-electron chi connectivity index (χ2n) is 10.0. The van der Waals surface area contributed by atoms with Gasteiger partial charge in [0, 0.05) is 17.5 Å². The van der Waals surface area contributed by atoms with Crippen molar-refractivity contribution in [2.45, 2.75) is 25.3 Å². The van der Waals surface area contributed by atoms with Gasteiger partial charge in [-0.25, -0.2) is 23.6 Å². The van der Waals surface area contributed by atoms with E-state index in [9.17, 15) is 13.6 Å². The Morgan fingerprint density at radius 3 is 2.52 bits per heavy atom. The summed E-state index contributed by atoms with van der Waals surface area (Å²) < 4.78 is 32.9. The standard InChI is InChI=1S/C32H23F2N3O2S/c33-23-12-8-19(9-13-23)16-22-5-3-6-25-29(22)36-37(30(25)20-10-14-24(34)15-11-20)32-35-18-28(40-32)26-17-21-4-1-2-7-27(21)39-31(26)38/h1-2,4,7-18,25,30H,3,5-6H2/t25-,30+/m0/s1. The molecular formula is C32H23F2N3O2S. The van der Waals surface area contributed by atoms with Crippen LogP contribution in [0.5, 0.6) is 0 Å². The molecule has 5 nitrogen and oxygen atoms in total. The van der Waals surface area contributed by atoms with Crippen LogP contribution in [0.3, 0.4) is 0 Å². The minimum atomic E-state index is -0.421. The van der Waals surface area contributed by atoms with Gasteiger partial charge in [-0.15, -0.1) is 0 Å². The first-order valence-electron chi connectivity index (χ1n) is 13.1. The molecule has 5 aromatic rings. The number of aromatic nitrogens is 1. The molecule has 2 aliphatic rings. The Kier molecular flexibility index (Phi) is 6.12. The van der Waals surface area contributed by atoms with E-state index in [1.54, 1.807) is 36.5 Å². The summed E-state index contributed by atoms with van der Waals surface area (Å²) >= 11 is 1.37. The van der Waals surface area contributed by atoms with E-state index < -0.39 is 5.63 Å². The second-order valence-corrected chi connectivity index (χ2v) is 11.0. The van der Waals surface area contributed by atoms with E-state index in [1.165, 1.54) is 35.6 Å². The number of halogens is 2. The summed E-state index contributed by atoms with van der Waals surface area (Å²) in [6.45, 7) is 0. The number of rotatable bonds is 4. The molecule has 2 atom stereocenters. The summed E-state index contributed by atoms with van der Waals surface area (Å²) in [6.07, 6.45) is 6.51. The van der Waals surface area contributed by atoms with Crippen LogP contribution in [0, 0.1) is 17.6 Å². The number of hydrogen-bond donors (Lipinski definition) is 0. The number of hydrogen-bond acceptors (Lipinski definition) is 6. The molecule has 0 spiro atoms. The first kappa shape index (κ1) is 24.6. The van der Waals surface area contributed by atoms with Crippen LogP contribution in [-0.4, -0.2) is 10.7 Å². The van der Waals surface area contributed by atoms with Gasteiger partial charge in [0.2, 0.25) is 5.13 Å². The average molecular weight is 552 g/mol. The zero-order chi connectivity index (χ0) is 27.2. The van der Waals surface area contributed by atoms with Crippen LogP contribution < -0.4 is 10.6 Å². The van der Waals surface area contributed by atoms with Crippen molar-refractivity contribution < 1.29 is 13.2 Å². The fraction of sp³-hybridized carbons (Fsp3) is 0.156. The molecule has 1 aliphatic heterocycles. The molecule has 0 saturated heterocycles. The molecule has 198 valence electrons. The van der Waals surface area contributed by atoms with Gasteiger partial charge in [0.15, 0.2) is 0 Å². The van der Waals surface area contributed by atoms with Crippen molar-refractivity contribution >= 4 is 39.2 Å². The number of anilines is 1. The summed E-state index contributed by atoms with van der Waals surface area (Å²) in [5, 5.41) is 8.48. The molecule has 1 saturated carbocycles. The van der Waals surface area contributed by atoms with Crippen LogP contribution in [0.25, 0.3) is 27.5 Å². The maximum absolute atomic E-state index is 13.9. The Hall–Kier alpha value is -4.43. The Bertz CT molecular complexity index is 1840. The SMILES string of the molecule is O=c1oc2ccccc2cc1-c1cnc(N2N=C3C(=Cc4ccc(F)cc4)CCC[C@@H]3[C@H]2c2ccc(F)cc2)s1. The molecule has 0 bridgehead atoms. The van der Waals surface area contributed by atoms with Gasteiger partial charge in [0.25, 0.3) is 0 Å². The summed E-state index contributed by atoms with van der Waals surface area (Å²) in [5.74, 6) is -0.497. The van der Waals surface area contributed by atoms with E-state index in [4.69, 9.17) is 9.52 Å². The third kappa shape index (κ3) is 4.44. The largest absolute Gasteiger partial charge is 0.422 e. The van der Waals surface area contributed by atoms with Crippen molar-refractivity contribution in [1.29, 1.82) is 0 Å². The van der Waals surface area contributed by atoms with Crippen LogP contribution in [-0.2, 0) is 0 Å². The first-order valence-corrected chi connectivity index (χ1v) is 13.9. The van der Waals surface area contributed by atoms with E-state index in [0.717, 1.165) is 47.1 Å². The van der Waals surface area contributed by atoms with Gasteiger partial charge in [0.1, 0.15) is 17.2 Å². The molecule has 0 N–H and O–H groups in total. The predicted molar refractivity (Wildman–Crippen MR) is 154 cm³/mol. The molecule has 2 aromatic heterocycles. The highest BCUT2D eigenvalue weighted by Crippen LogP contribution is 2.47. The average Bonchev–Trinajstić information content (AvgIpc) is 3.60. The third-order valence-corrected chi connectivity index (χ3v) is 8.54. The van der Waals surface area contributed by atoms with E-state index in [1.807, 2.05) is 29.3 Å². The molecule has 3 aromatic carbocycles. The van der Waals surface area contributed by atoms with E-state index in [2.05, 4.69) is 11.1 Å². The van der Waals surface area contributed by atoms with E-state index in [0.29, 0.717) is 21.2 Å². The molecular weight excluding hydrogens is 528 g/mol. The van der Waals surface area contributed by atoms with Crippen molar-refractivity contribution in [3.8, 4) is 10.4 Å². The lowest BCUT2D eigenvalue weighted by atomic mass is 9.77. The molecule has 1 aliphatic carbocycles. The fourth-order valence-corrected chi connectivity index (χ4v) is 6.55. The lowest BCUT2D eigenvalue weighted by Crippen LogP contribution is -2.28. The number of benzene rings is 3. The number of allylic oxidation sites excluding steroid dienone is 1. The van der Waals surface area contributed by atoms with Gasteiger partial charge in [0.05, 0.1) is 22.2 Å². The molecule has 0 unspecified atom stereocenters. The first-order chi connectivity index (χ1) is 19.5. The Morgan fingerprint density at radius 2 is 1.73 bits per heavy atom. The topological polar surface area (TPSA) is 58.7 Å². The minimum Gasteiger partial charge on any atom is -0.422 e. The van der Waals surface area contributed by atoms with Crippen LogP contribution >= 0.6 is 11.3 Å². The predicted octanol–water partition coefficient (Wildman–Crippen LogP) is 8.00. The van der Waals surface area contributed by atoms with Crippen LogP contribution in [0.4, 0.5) is 13.9 Å². The van der Waals surface area contributed by atoms with Gasteiger partial charge >= 0.3 is 5.63 Å². The summed E-state index contributed by atoms with van der Waals surface area (Å²) in [6, 6.07) is 22.0. The van der Waals surface area contributed by atoms with Gasteiger partial charge in [-0.2, -0.15) is 5.10 Å². The smallest absolute Gasteiger partial charge is 0.345 e. The molecule has 40 heavy (non-hydrogen) atoms. The van der Waals surface area contributed by atoms with Crippen molar-refractivity contribution in [3.63, 3.8) is 0 Å². The number of para-hydroxylation sites is 1. The molecule has 0 amide bonds. The molecule has 8 heteroatoms. The zero-order valence-corrected chi connectivity index (χ0v) is 22.1. The molecule has 1 fully saturated rings. The second kappa shape index (κ2) is 9.95. The molecule has 0 radical (unpaired) electrons. The lowest BCUT2D eigenvalue weighted by molar-refractivity contribution is 0.486. The normalized spacial score (nSPS) is 19.7. The summed E-state index contributed by atoms with van der Waals surface area (Å²) in [7, 11) is 0. The Morgan fingerprint density at radius 1 is 0.975 bits per heavy atom. The highest BCUT2D eigenvalue weighted by Gasteiger charge is 2.43. The van der Waals surface area contributed by atoms with Gasteiger partial charge in [-0.05, 0) is 78.4 Å². The number of thiazole rings is 1. The maximum Gasteiger partial charge on any atom is 0.345 e. The van der Waals surface area contributed by atoms with Gasteiger partial charge in [-0.3, -0.25) is 0 Å². The quantitative estimate of drug-likeness (QED) is 0.212. The highest BCUT2D eigenvalue weighted by molar-refractivity contribution is 7.18. The highest BCUT2D eigenvalue weighted by atomic mass is 32.1.